The molecule has 0 saturated carbocycles. The summed E-state index contributed by atoms with van der Waals surface area (Å²) in [5, 5.41) is 7.95. The molecule has 1 aliphatic rings. The molecule has 3 N–H and O–H groups in total. The minimum atomic E-state index is -0.485. The fourth-order valence-electron chi connectivity index (χ4n) is 3.99. The summed E-state index contributed by atoms with van der Waals surface area (Å²) in [5.41, 5.74) is 9.88. The first-order chi connectivity index (χ1) is 14.9. The Morgan fingerprint density at radius 3 is 2.52 bits per heavy atom. The Morgan fingerprint density at radius 2 is 1.90 bits per heavy atom. The van der Waals surface area contributed by atoms with E-state index in [9.17, 15) is 4.79 Å². The number of nitrogens with one attached hydrogen (secondary N) is 1. The number of hydrogen-bond acceptors (Lipinski definition) is 5. The second-order valence-corrected chi connectivity index (χ2v) is 8.32. The fraction of sp³-hybridized carbons (Fsp3) is 0.261. The van der Waals surface area contributed by atoms with E-state index >= 15 is 0 Å². The van der Waals surface area contributed by atoms with Gasteiger partial charge in [0.2, 0.25) is 11.9 Å². The Morgan fingerprint density at radius 1 is 1.19 bits per heavy atom. The van der Waals surface area contributed by atoms with Crippen LogP contribution in [0.15, 0.2) is 64.3 Å². The molecule has 2 heterocycles. The van der Waals surface area contributed by atoms with Gasteiger partial charge in [0.1, 0.15) is 6.04 Å². The fourth-order valence-corrected chi connectivity index (χ4v) is 4.40. The lowest BCUT2D eigenvalue weighted by Gasteiger charge is -2.27. The molecule has 0 aliphatic carbocycles. The molecule has 0 bridgehead atoms. The average Bonchev–Trinajstić information content (AvgIpc) is 3.17. The van der Waals surface area contributed by atoms with Crippen LogP contribution in [-0.4, -0.2) is 33.8 Å². The number of primary amides is 1. The van der Waals surface area contributed by atoms with E-state index in [4.69, 9.17) is 15.8 Å². The van der Waals surface area contributed by atoms with Crippen molar-refractivity contribution in [3.8, 4) is 11.4 Å². The molecule has 160 valence electrons. The van der Waals surface area contributed by atoms with Crippen LogP contribution in [0.4, 0.5) is 11.6 Å². The number of anilines is 2. The Labute approximate surface area is 190 Å². The number of fused-ring (bicyclic) bond motifs is 1. The van der Waals surface area contributed by atoms with Gasteiger partial charge in [-0.3, -0.25) is 4.79 Å². The average molecular weight is 481 g/mol. The normalized spacial score (nSPS) is 15.4. The van der Waals surface area contributed by atoms with Crippen LogP contribution in [0.3, 0.4) is 0 Å². The summed E-state index contributed by atoms with van der Waals surface area (Å²) in [7, 11) is 0. The highest BCUT2D eigenvalue weighted by Crippen LogP contribution is 2.36. The van der Waals surface area contributed by atoms with Gasteiger partial charge < -0.3 is 16.0 Å². The smallest absolute Gasteiger partial charge is 0.248 e. The number of nitrogens with two attached hydrogens (primary N) is 1. The largest absolute Gasteiger partial charge is 0.372 e. The number of amides is 1. The van der Waals surface area contributed by atoms with Gasteiger partial charge in [-0.15, -0.1) is 5.10 Å². The van der Waals surface area contributed by atoms with Gasteiger partial charge in [-0.25, -0.2) is 4.68 Å². The zero-order valence-corrected chi connectivity index (χ0v) is 19.3. The molecule has 4 rings (SSSR count). The van der Waals surface area contributed by atoms with Crippen molar-refractivity contribution in [3.63, 3.8) is 0 Å². The SMILES string of the molecule is CCN(CC)c1ccc(-c2nc3n(n2)C(c2cccc(Br)c2)C(C(N)=O)=C(C)N3)cc1. The van der Waals surface area contributed by atoms with Crippen molar-refractivity contribution in [1.82, 2.24) is 14.8 Å². The second kappa shape index (κ2) is 8.55. The van der Waals surface area contributed by atoms with E-state index in [1.807, 2.05) is 43.3 Å². The van der Waals surface area contributed by atoms with E-state index in [-0.39, 0.29) is 0 Å². The Hall–Kier alpha value is -3.13. The monoisotopic (exact) mass is 480 g/mol. The maximum absolute atomic E-state index is 12.3. The molecule has 2 aromatic carbocycles. The molecule has 0 radical (unpaired) electrons. The van der Waals surface area contributed by atoms with Crippen LogP contribution in [0.5, 0.6) is 0 Å². The summed E-state index contributed by atoms with van der Waals surface area (Å²) in [6.45, 7) is 8.02. The second-order valence-electron chi connectivity index (χ2n) is 7.41. The molecule has 0 fully saturated rings. The van der Waals surface area contributed by atoms with E-state index in [2.05, 4.69) is 52.1 Å². The van der Waals surface area contributed by atoms with Gasteiger partial charge in [-0.1, -0.05) is 28.1 Å². The first kappa shape index (κ1) is 21.1. The predicted molar refractivity (Wildman–Crippen MR) is 127 cm³/mol. The first-order valence-electron chi connectivity index (χ1n) is 10.3. The van der Waals surface area contributed by atoms with Gasteiger partial charge in [0, 0.05) is 34.5 Å². The third-order valence-corrected chi connectivity index (χ3v) is 6.03. The van der Waals surface area contributed by atoms with Gasteiger partial charge in [0.05, 0.1) is 5.57 Å². The Bertz CT molecular complexity index is 1150. The highest BCUT2D eigenvalue weighted by atomic mass is 79.9. The number of rotatable bonds is 6. The molecule has 8 heteroatoms. The summed E-state index contributed by atoms with van der Waals surface area (Å²) >= 11 is 3.52. The van der Waals surface area contributed by atoms with Crippen LogP contribution in [0.1, 0.15) is 32.4 Å². The van der Waals surface area contributed by atoms with Gasteiger partial charge in [-0.05, 0) is 62.7 Å². The molecular formula is C23H25BrN6O. The van der Waals surface area contributed by atoms with Crippen molar-refractivity contribution >= 4 is 33.5 Å². The summed E-state index contributed by atoms with van der Waals surface area (Å²) in [6.07, 6.45) is 0. The van der Waals surface area contributed by atoms with Crippen molar-refractivity contribution in [2.75, 3.05) is 23.3 Å². The maximum atomic E-state index is 12.3. The van der Waals surface area contributed by atoms with Crippen molar-refractivity contribution in [2.24, 2.45) is 5.73 Å². The van der Waals surface area contributed by atoms with Crippen LogP contribution in [-0.2, 0) is 4.79 Å². The molecule has 0 saturated heterocycles. The molecule has 1 unspecified atom stereocenters. The number of benzene rings is 2. The highest BCUT2D eigenvalue weighted by molar-refractivity contribution is 9.10. The maximum Gasteiger partial charge on any atom is 0.248 e. The summed E-state index contributed by atoms with van der Waals surface area (Å²) in [6, 6.07) is 15.6. The summed E-state index contributed by atoms with van der Waals surface area (Å²) in [5.74, 6) is 0.684. The number of halogens is 1. The van der Waals surface area contributed by atoms with Crippen LogP contribution >= 0.6 is 15.9 Å². The van der Waals surface area contributed by atoms with Crippen LogP contribution in [0.25, 0.3) is 11.4 Å². The lowest BCUT2D eigenvalue weighted by molar-refractivity contribution is -0.115. The zero-order valence-electron chi connectivity index (χ0n) is 17.8. The van der Waals surface area contributed by atoms with E-state index in [0.717, 1.165) is 34.4 Å². The number of allylic oxidation sites excluding steroid dienone is 1. The number of aromatic nitrogens is 3. The molecule has 31 heavy (non-hydrogen) atoms. The molecule has 7 nitrogen and oxygen atoms in total. The van der Waals surface area contributed by atoms with Gasteiger partial charge in [0.15, 0.2) is 5.82 Å². The Balaban J connectivity index is 1.77. The molecule has 1 atom stereocenters. The molecule has 1 amide bonds. The molecular weight excluding hydrogens is 456 g/mol. The van der Waals surface area contributed by atoms with Crippen molar-refractivity contribution in [1.29, 1.82) is 0 Å². The third kappa shape index (κ3) is 3.95. The van der Waals surface area contributed by atoms with E-state index < -0.39 is 11.9 Å². The van der Waals surface area contributed by atoms with E-state index in [1.165, 1.54) is 0 Å². The molecule has 1 aromatic heterocycles. The van der Waals surface area contributed by atoms with Crippen molar-refractivity contribution in [3.05, 3.63) is 69.8 Å². The molecule has 0 spiro atoms. The number of carbonyl (C=O) groups is 1. The Kier molecular flexibility index (Phi) is 5.82. The van der Waals surface area contributed by atoms with Crippen LogP contribution in [0.2, 0.25) is 0 Å². The number of hydrogen-bond donors (Lipinski definition) is 2. The number of carbonyl (C=O) groups excluding carboxylic acids is 1. The van der Waals surface area contributed by atoms with Gasteiger partial charge in [-0.2, -0.15) is 4.98 Å². The topological polar surface area (TPSA) is 89.1 Å². The van der Waals surface area contributed by atoms with Gasteiger partial charge in [0.25, 0.3) is 0 Å². The first-order valence-corrected chi connectivity index (χ1v) is 11.1. The summed E-state index contributed by atoms with van der Waals surface area (Å²) in [4.78, 5) is 19.3. The molecule has 1 aliphatic heterocycles. The third-order valence-electron chi connectivity index (χ3n) is 5.54. The number of nitrogens with zero attached hydrogens (tertiary/aromatic N) is 4. The molecule has 3 aromatic rings. The zero-order chi connectivity index (χ0) is 22.1. The lowest BCUT2D eigenvalue weighted by Crippen LogP contribution is -2.31. The lowest BCUT2D eigenvalue weighted by atomic mass is 9.95. The minimum absolute atomic E-state index is 0.456. The van der Waals surface area contributed by atoms with Crippen LogP contribution in [0, 0.1) is 0 Å². The van der Waals surface area contributed by atoms with E-state index in [0.29, 0.717) is 23.0 Å². The highest BCUT2D eigenvalue weighted by Gasteiger charge is 2.33. The standard InChI is InChI=1S/C23H25BrN6O/c1-4-29(5-2)18-11-9-15(10-12-18)22-27-23-26-14(3)19(21(25)31)20(30(23)28-22)16-7-6-8-17(24)13-16/h6-13,20H,4-5H2,1-3H3,(H2,25,31)(H,26,27,28). The van der Waals surface area contributed by atoms with Gasteiger partial charge >= 0.3 is 0 Å². The van der Waals surface area contributed by atoms with E-state index in [1.54, 1.807) is 4.68 Å². The minimum Gasteiger partial charge on any atom is -0.372 e. The van der Waals surface area contributed by atoms with Crippen molar-refractivity contribution < 1.29 is 4.79 Å². The quantitative estimate of drug-likeness (QED) is 0.547. The summed E-state index contributed by atoms with van der Waals surface area (Å²) < 4.78 is 2.65. The van der Waals surface area contributed by atoms with Crippen molar-refractivity contribution in [2.45, 2.75) is 26.8 Å². The van der Waals surface area contributed by atoms with Crippen LogP contribution < -0.4 is 16.0 Å². The predicted octanol–water partition coefficient (Wildman–Crippen LogP) is 4.33.